The van der Waals surface area contributed by atoms with E-state index in [-0.39, 0.29) is 75.6 Å². The highest BCUT2D eigenvalue weighted by atomic mass is 35.7. The van der Waals surface area contributed by atoms with E-state index in [1.54, 1.807) is 0 Å². The van der Waals surface area contributed by atoms with Crippen molar-refractivity contribution < 1.29 is 37.0 Å². The summed E-state index contributed by atoms with van der Waals surface area (Å²) in [6.07, 6.45) is 63.7. The average Bonchev–Trinajstić information content (AvgIpc) is 3.35. The van der Waals surface area contributed by atoms with Gasteiger partial charge in [-0.05, 0) is 128 Å². The van der Waals surface area contributed by atoms with Gasteiger partial charge in [0.25, 0.3) is 0 Å². The van der Waals surface area contributed by atoms with Crippen LogP contribution in [0.15, 0.2) is 72.9 Å². The SMILES string of the molecule is CCCCC/C=C\C/C=C\CCCCCCCC(=O)OCC(CCCS(=O)(=O)Cl)(COC(=O)CCCCCCC/C=C\C/C=C\CCCCC)COC(=O)CCCCCCC/C=C\C/C=C\CCCCC. The molecule has 0 radical (unpaired) electrons. The van der Waals surface area contributed by atoms with E-state index >= 15 is 0 Å². The Morgan fingerprint density at radius 2 is 0.620 bits per heavy atom. The molecule has 0 aromatic heterocycles. The van der Waals surface area contributed by atoms with Crippen molar-refractivity contribution in [3.8, 4) is 0 Å². The third kappa shape index (κ3) is 51.8. The molecule has 410 valence electrons. The summed E-state index contributed by atoms with van der Waals surface area (Å²) in [4.78, 5) is 39.3. The summed E-state index contributed by atoms with van der Waals surface area (Å²) >= 11 is 0. The van der Waals surface area contributed by atoms with Gasteiger partial charge in [-0.1, -0.05) is 190 Å². The minimum atomic E-state index is -3.81. The van der Waals surface area contributed by atoms with Crippen LogP contribution in [-0.2, 0) is 37.6 Å². The van der Waals surface area contributed by atoms with E-state index < -0.39 is 14.5 Å². The molecule has 0 aliphatic heterocycles. The Balaban J connectivity index is 5.16. The van der Waals surface area contributed by atoms with Gasteiger partial charge in [-0.15, -0.1) is 0 Å². The van der Waals surface area contributed by atoms with Crippen molar-refractivity contribution in [1.82, 2.24) is 0 Å². The first-order valence-corrected chi connectivity index (χ1v) is 31.3. The molecule has 0 aliphatic rings. The number of halogens is 1. The van der Waals surface area contributed by atoms with Crippen molar-refractivity contribution in [3.63, 3.8) is 0 Å². The molecule has 10 heteroatoms. The molecule has 0 fully saturated rings. The minimum Gasteiger partial charge on any atom is -0.465 e. The van der Waals surface area contributed by atoms with E-state index in [2.05, 4.69) is 93.7 Å². The van der Waals surface area contributed by atoms with E-state index in [9.17, 15) is 22.8 Å². The molecular weight excluding hydrogens is 928 g/mol. The van der Waals surface area contributed by atoms with Crippen LogP contribution in [-0.4, -0.2) is 51.9 Å². The Morgan fingerprint density at radius 1 is 0.366 bits per heavy atom. The number of esters is 3. The summed E-state index contributed by atoms with van der Waals surface area (Å²) in [7, 11) is 1.80. The number of hydrogen-bond acceptors (Lipinski definition) is 8. The molecule has 0 N–H and O–H groups in total. The standard InChI is InChI=1S/C61H105ClO8S/c1-4-7-10-13-16-19-22-25-28-31-34-37-40-43-46-50-58(63)68-55-61(53-49-54-71(62,66)67,56-69-59(64)51-47-44-41-38-35-32-29-26-23-20-17-14-11-8-5-2)57-70-60(65)52-48-45-42-39-36-33-30-27-24-21-18-15-12-9-6-3/h16-21,25-30H,4-15,22-24,31-57H2,1-3H3/b19-16-,20-17-,21-18-,28-25-,29-26-,30-27-. The van der Waals surface area contributed by atoms with Gasteiger partial charge in [0.1, 0.15) is 19.8 Å². The minimum absolute atomic E-state index is 0.124. The predicted octanol–water partition coefficient (Wildman–Crippen LogP) is 18.4. The maximum Gasteiger partial charge on any atom is 0.305 e. The molecule has 0 heterocycles. The second kappa shape index (κ2) is 52.0. The Kier molecular flexibility index (Phi) is 49.8. The fraction of sp³-hybridized carbons (Fsp3) is 0.754. The van der Waals surface area contributed by atoms with Crippen molar-refractivity contribution in [2.45, 2.75) is 265 Å². The second-order valence-electron chi connectivity index (χ2n) is 19.8. The number of ether oxygens (including phenoxy) is 3. The summed E-state index contributed by atoms with van der Waals surface area (Å²) < 4.78 is 41.4. The van der Waals surface area contributed by atoms with Gasteiger partial charge in [0.15, 0.2) is 0 Å². The van der Waals surface area contributed by atoms with E-state index in [1.807, 2.05) is 0 Å². The summed E-state index contributed by atoms with van der Waals surface area (Å²) in [5.41, 5.74) is -1.11. The quantitative estimate of drug-likeness (QED) is 0.0195. The predicted molar refractivity (Wildman–Crippen MR) is 302 cm³/mol. The van der Waals surface area contributed by atoms with Crippen LogP contribution in [0.3, 0.4) is 0 Å². The molecule has 0 rings (SSSR count). The summed E-state index contributed by atoms with van der Waals surface area (Å²) in [5, 5.41) is 0. The Bertz CT molecular complexity index is 1390. The van der Waals surface area contributed by atoms with Crippen molar-refractivity contribution in [2.75, 3.05) is 25.6 Å². The molecule has 0 spiro atoms. The van der Waals surface area contributed by atoms with Crippen molar-refractivity contribution in [3.05, 3.63) is 72.9 Å². The first-order valence-electron chi connectivity index (χ1n) is 28.9. The highest BCUT2D eigenvalue weighted by Crippen LogP contribution is 2.29. The molecule has 0 saturated heterocycles. The normalized spacial score (nSPS) is 12.6. The number of carbonyl (C=O) groups excluding carboxylic acids is 3. The topological polar surface area (TPSA) is 113 Å². The maximum absolute atomic E-state index is 13.1. The second-order valence-corrected chi connectivity index (χ2v) is 22.7. The number of allylic oxidation sites excluding steroid dienone is 12. The van der Waals surface area contributed by atoms with Gasteiger partial charge in [0.05, 0.1) is 11.2 Å². The van der Waals surface area contributed by atoms with Crippen LogP contribution in [0, 0.1) is 5.41 Å². The molecule has 0 amide bonds. The third-order valence-electron chi connectivity index (χ3n) is 12.7. The van der Waals surface area contributed by atoms with Crippen molar-refractivity contribution >= 4 is 37.6 Å². The smallest absolute Gasteiger partial charge is 0.305 e. The highest BCUT2D eigenvalue weighted by molar-refractivity contribution is 8.13. The Morgan fingerprint density at radius 3 is 0.887 bits per heavy atom. The van der Waals surface area contributed by atoms with E-state index in [1.165, 1.54) is 57.8 Å². The fourth-order valence-electron chi connectivity index (χ4n) is 8.12. The van der Waals surface area contributed by atoms with E-state index in [0.29, 0.717) is 19.3 Å². The zero-order chi connectivity index (χ0) is 52.0. The van der Waals surface area contributed by atoms with Gasteiger partial charge in [-0.2, -0.15) is 0 Å². The maximum atomic E-state index is 13.1. The molecule has 8 nitrogen and oxygen atoms in total. The first-order chi connectivity index (χ1) is 34.6. The van der Waals surface area contributed by atoms with Crippen LogP contribution in [0.1, 0.15) is 265 Å². The van der Waals surface area contributed by atoms with Crippen LogP contribution in [0.25, 0.3) is 0 Å². The molecule has 0 atom stereocenters. The highest BCUT2D eigenvalue weighted by Gasteiger charge is 2.36. The third-order valence-corrected chi connectivity index (χ3v) is 13.9. The number of hydrogen-bond donors (Lipinski definition) is 0. The molecule has 0 aromatic carbocycles. The van der Waals surface area contributed by atoms with Crippen LogP contribution in [0.5, 0.6) is 0 Å². The molecule has 0 bridgehead atoms. The monoisotopic (exact) mass is 1030 g/mol. The van der Waals surface area contributed by atoms with Gasteiger partial charge in [0, 0.05) is 29.9 Å². The van der Waals surface area contributed by atoms with Crippen molar-refractivity contribution in [1.29, 1.82) is 0 Å². The molecule has 0 aliphatic carbocycles. The lowest BCUT2D eigenvalue weighted by Gasteiger charge is -2.32. The lowest BCUT2D eigenvalue weighted by molar-refractivity contribution is -0.162. The van der Waals surface area contributed by atoms with Crippen LogP contribution < -0.4 is 0 Å². The van der Waals surface area contributed by atoms with Crippen molar-refractivity contribution in [2.24, 2.45) is 5.41 Å². The average molecular weight is 1030 g/mol. The summed E-state index contributed by atoms with van der Waals surface area (Å²) in [5.74, 6) is -1.44. The zero-order valence-electron chi connectivity index (χ0n) is 45.7. The van der Waals surface area contributed by atoms with E-state index in [4.69, 9.17) is 24.9 Å². The first kappa shape index (κ1) is 68.1. The lowest BCUT2D eigenvalue weighted by atomic mass is 9.85. The Hall–Kier alpha value is -2.91. The number of unbranched alkanes of at least 4 members (excludes halogenated alkanes) is 24. The summed E-state index contributed by atoms with van der Waals surface area (Å²) in [6.45, 7) is 6.18. The largest absolute Gasteiger partial charge is 0.465 e. The van der Waals surface area contributed by atoms with Gasteiger partial charge >= 0.3 is 17.9 Å². The molecular formula is C61H105ClO8S. The fourth-order valence-corrected chi connectivity index (χ4v) is 8.94. The van der Waals surface area contributed by atoms with Gasteiger partial charge < -0.3 is 14.2 Å². The van der Waals surface area contributed by atoms with Crippen LogP contribution in [0.4, 0.5) is 0 Å². The number of carbonyl (C=O) groups is 3. The molecule has 0 saturated carbocycles. The van der Waals surface area contributed by atoms with E-state index in [0.717, 1.165) is 135 Å². The van der Waals surface area contributed by atoms with Gasteiger partial charge in [0.2, 0.25) is 9.05 Å². The van der Waals surface area contributed by atoms with Crippen LogP contribution >= 0.6 is 10.7 Å². The molecule has 0 unspecified atom stereocenters. The summed E-state index contributed by atoms with van der Waals surface area (Å²) in [6, 6.07) is 0. The van der Waals surface area contributed by atoms with Gasteiger partial charge in [-0.25, -0.2) is 8.42 Å². The zero-order valence-corrected chi connectivity index (χ0v) is 47.3. The number of rotatable bonds is 52. The van der Waals surface area contributed by atoms with Crippen LogP contribution in [0.2, 0.25) is 0 Å². The molecule has 0 aromatic rings. The molecule has 71 heavy (non-hydrogen) atoms. The Labute approximate surface area is 441 Å². The lowest BCUT2D eigenvalue weighted by Crippen LogP contribution is -2.40. The van der Waals surface area contributed by atoms with Gasteiger partial charge in [-0.3, -0.25) is 14.4 Å².